The lowest BCUT2D eigenvalue weighted by Gasteiger charge is -2.15. The molecule has 8 heteroatoms. The van der Waals surface area contributed by atoms with Crippen LogP contribution >= 0.6 is 0 Å². The van der Waals surface area contributed by atoms with E-state index in [0.717, 1.165) is 12.0 Å². The lowest BCUT2D eigenvalue weighted by molar-refractivity contribution is -0.123. The summed E-state index contributed by atoms with van der Waals surface area (Å²) in [7, 11) is -3.67. The van der Waals surface area contributed by atoms with Crippen LogP contribution in [0.15, 0.2) is 59.5 Å². The molecule has 0 bridgehead atoms. The normalized spacial score (nSPS) is 12.3. The van der Waals surface area contributed by atoms with Crippen molar-refractivity contribution in [1.29, 1.82) is 0 Å². The first kappa shape index (κ1) is 22.9. The molecule has 0 aliphatic heterocycles. The number of carbonyl (C=O) groups is 1. The van der Waals surface area contributed by atoms with Gasteiger partial charge in [-0.05, 0) is 50.1 Å². The van der Waals surface area contributed by atoms with E-state index in [1.165, 1.54) is 24.3 Å². The van der Waals surface area contributed by atoms with Gasteiger partial charge in [-0.15, -0.1) is 0 Å². The minimum absolute atomic E-state index is 0.132. The van der Waals surface area contributed by atoms with Crippen LogP contribution in [0, 0.1) is 0 Å². The Kier molecular flexibility index (Phi) is 9.11. The molecule has 1 atom stereocenters. The molecule has 2 rings (SSSR count). The number of hydrogen-bond donors (Lipinski definition) is 2. The number of benzene rings is 2. The van der Waals surface area contributed by atoms with E-state index in [-0.39, 0.29) is 23.5 Å². The highest BCUT2D eigenvalue weighted by atomic mass is 32.2. The largest absolute Gasteiger partial charge is 0.484 e. The number of hydrogen-bond acceptors (Lipinski definition) is 5. The Hall–Kier alpha value is -2.42. The summed E-state index contributed by atoms with van der Waals surface area (Å²) in [5, 5.41) is 2.73. The Balaban J connectivity index is 1.83. The van der Waals surface area contributed by atoms with Crippen LogP contribution in [-0.4, -0.2) is 40.7 Å². The maximum absolute atomic E-state index is 12.6. The maximum atomic E-state index is 12.6. The van der Waals surface area contributed by atoms with Gasteiger partial charge in [-0.3, -0.25) is 4.79 Å². The van der Waals surface area contributed by atoms with Crippen LogP contribution in [0.1, 0.15) is 31.9 Å². The summed E-state index contributed by atoms with van der Waals surface area (Å²) in [5.74, 6) is 0.182. The number of amides is 1. The number of carbonyl (C=O) groups excluding carboxylic acids is 1. The zero-order valence-electron chi connectivity index (χ0n) is 16.8. The van der Waals surface area contributed by atoms with E-state index in [1.54, 1.807) is 6.92 Å². The van der Waals surface area contributed by atoms with Crippen LogP contribution in [0.3, 0.4) is 0 Å². The molecule has 0 aromatic heterocycles. The molecule has 0 spiro atoms. The van der Waals surface area contributed by atoms with Crippen molar-refractivity contribution in [2.24, 2.45) is 0 Å². The highest BCUT2D eigenvalue weighted by Crippen LogP contribution is 2.19. The predicted molar refractivity (Wildman–Crippen MR) is 111 cm³/mol. The van der Waals surface area contributed by atoms with Gasteiger partial charge in [-0.2, -0.15) is 0 Å². The van der Waals surface area contributed by atoms with E-state index in [9.17, 15) is 13.2 Å². The molecule has 158 valence electrons. The molecule has 1 amide bonds. The Morgan fingerprint density at radius 2 is 1.76 bits per heavy atom. The second kappa shape index (κ2) is 11.5. The van der Waals surface area contributed by atoms with Crippen molar-refractivity contribution in [3.63, 3.8) is 0 Å². The predicted octanol–water partition coefficient (Wildman–Crippen LogP) is 2.65. The molecule has 0 heterocycles. The molecule has 0 saturated heterocycles. The van der Waals surface area contributed by atoms with Crippen molar-refractivity contribution in [3.8, 4) is 5.75 Å². The maximum Gasteiger partial charge on any atom is 0.257 e. The Bertz CT molecular complexity index is 854. The van der Waals surface area contributed by atoms with Gasteiger partial charge in [0, 0.05) is 25.8 Å². The van der Waals surface area contributed by atoms with Crippen LogP contribution in [-0.2, 0) is 19.6 Å². The van der Waals surface area contributed by atoms with Gasteiger partial charge in [0.1, 0.15) is 5.75 Å². The smallest absolute Gasteiger partial charge is 0.257 e. The highest BCUT2D eigenvalue weighted by molar-refractivity contribution is 7.89. The number of nitrogens with one attached hydrogen (secondary N) is 2. The van der Waals surface area contributed by atoms with Gasteiger partial charge in [0.05, 0.1) is 4.90 Å². The Labute approximate surface area is 172 Å². The zero-order valence-corrected chi connectivity index (χ0v) is 17.6. The molecule has 2 aromatic rings. The van der Waals surface area contributed by atoms with Gasteiger partial charge < -0.3 is 14.8 Å². The van der Waals surface area contributed by atoms with Gasteiger partial charge in [-0.25, -0.2) is 13.1 Å². The minimum Gasteiger partial charge on any atom is -0.484 e. The first-order chi connectivity index (χ1) is 13.9. The quantitative estimate of drug-likeness (QED) is 0.515. The first-order valence-electron chi connectivity index (χ1n) is 9.57. The fraction of sp³-hybridized carbons (Fsp3) is 0.381. The minimum atomic E-state index is -3.67. The second-order valence-corrected chi connectivity index (χ2v) is 8.13. The number of rotatable bonds is 12. The van der Waals surface area contributed by atoms with Crippen molar-refractivity contribution in [2.75, 3.05) is 26.4 Å². The summed E-state index contributed by atoms with van der Waals surface area (Å²) < 4.78 is 38.4. The van der Waals surface area contributed by atoms with Crippen LogP contribution in [0.5, 0.6) is 5.75 Å². The molecule has 7 nitrogen and oxygen atoms in total. The van der Waals surface area contributed by atoms with Crippen molar-refractivity contribution >= 4 is 15.9 Å². The summed E-state index contributed by atoms with van der Waals surface area (Å²) in [5.41, 5.74) is 0.878. The topological polar surface area (TPSA) is 93.7 Å². The molecule has 2 aromatic carbocycles. The fourth-order valence-electron chi connectivity index (χ4n) is 2.57. The third kappa shape index (κ3) is 7.84. The van der Waals surface area contributed by atoms with Gasteiger partial charge in [0.25, 0.3) is 5.91 Å². The van der Waals surface area contributed by atoms with Gasteiger partial charge >= 0.3 is 0 Å². The fourth-order valence-corrected chi connectivity index (χ4v) is 3.80. The highest BCUT2D eigenvalue weighted by Gasteiger charge is 2.18. The van der Waals surface area contributed by atoms with Gasteiger partial charge in [0.2, 0.25) is 10.0 Å². The Morgan fingerprint density at radius 3 is 2.41 bits per heavy atom. The molecule has 0 radical (unpaired) electrons. The van der Waals surface area contributed by atoms with E-state index in [2.05, 4.69) is 10.0 Å². The molecule has 0 aliphatic carbocycles. The van der Waals surface area contributed by atoms with Crippen LogP contribution in [0.25, 0.3) is 0 Å². The molecule has 0 saturated carbocycles. The molecular weight excluding hydrogens is 392 g/mol. The molecule has 0 unspecified atom stereocenters. The summed E-state index contributed by atoms with van der Waals surface area (Å²) in [6, 6.07) is 15.0. The van der Waals surface area contributed by atoms with Crippen molar-refractivity contribution in [2.45, 2.75) is 31.2 Å². The SMILES string of the molecule is CCOCCCNC(=O)COc1ccc(S(=O)(=O)N[C@@H](C)c2ccccc2)cc1. The molecular formula is C21H28N2O5S. The van der Waals surface area contributed by atoms with Gasteiger partial charge in [-0.1, -0.05) is 30.3 Å². The first-order valence-corrected chi connectivity index (χ1v) is 11.0. The van der Waals surface area contributed by atoms with E-state index < -0.39 is 10.0 Å². The number of sulfonamides is 1. The molecule has 29 heavy (non-hydrogen) atoms. The van der Waals surface area contributed by atoms with Crippen molar-refractivity contribution in [3.05, 3.63) is 60.2 Å². The van der Waals surface area contributed by atoms with E-state index in [4.69, 9.17) is 9.47 Å². The average Bonchev–Trinajstić information content (AvgIpc) is 2.72. The summed E-state index contributed by atoms with van der Waals surface area (Å²) in [6.07, 6.45) is 0.737. The molecule has 2 N–H and O–H groups in total. The third-order valence-corrected chi connectivity index (χ3v) is 5.68. The van der Waals surface area contributed by atoms with E-state index >= 15 is 0 Å². The number of ether oxygens (including phenoxy) is 2. The Morgan fingerprint density at radius 1 is 1.07 bits per heavy atom. The lowest BCUT2D eigenvalue weighted by Crippen LogP contribution is -2.30. The average molecular weight is 421 g/mol. The molecule has 0 fully saturated rings. The second-order valence-electron chi connectivity index (χ2n) is 6.41. The van der Waals surface area contributed by atoms with Crippen molar-refractivity contribution < 1.29 is 22.7 Å². The summed E-state index contributed by atoms with van der Waals surface area (Å²) in [4.78, 5) is 11.9. The zero-order chi connectivity index (χ0) is 21.1. The third-order valence-electron chi connectivity index (χ3n) is 4.13. The van der Waals surface area contributed by atoms with Gasteiger partial charge in [0.15, 0.2) is 6.61 Å². The molecule has 0 aliphatic rings. The summed E-state index contributed by atoms with van der Waals surface area (Å²) >= 11 is 0. The van der Waals surface area contributed by atoms with Crippen LogP contribution < -0.4 is 14.8 Å². The van der Waals surface area contributed by atoms with Crippen LogP contribution in [0.4, 0.5) is 0 Å². The lowest BCUT2D eigenvalue weighted by atomic mass is 10.1. The standard InChI is InChI=1S/C21H28N2O5S/c1-3-27-15-7-14-22-21(24)16-28-19-10-12-20(13-11-19)29(25,26)23-17(2)18-8-5-4-6-9-18/h4-6,8-13,17,23H,3,7,14-16H2,1-2H3,(H,22,24)/t17-/m0/s1. The monoisotopic (exact) mass is 420 g/mol. The van der Waals surface area contributed by atoms with Crippen LogP contribution in [0.2, 0.25) is 0 Å². The summed E-state index contributed by atoms with van der Waals surface area (Å²) in [6.45, 7) is 5.35. The van der Waals surface area contributed by atoms with E-state index in [0.29, 0.717) is 25.5 Å². The van der Waals surface area contributed by atoms with E-state index in [1.807, 2.05) is 37.3 Å². The van der Waals surface area contributed by atoms with Crippen molar-refractivity contribution in [1.82, 2.24) is 10.0 Å².